The molecule has 0 aliphatic carbocycles. The summed E-state index contributed by atoms with van der Waals surface area (Å²) >= 11 is 2.06. The molecule has 2 heterocycles. The van der Waals surface area contributed by atoms with Crippen LogP contribution in [-0.4, -0.2) is 42.1 Å². The third-order valence-electron chi connectivity index (χ3n) is 4.15. The molecular weight excluding hydrogens is 431 g/mol. The Kier molecular flexibility index (Phi) is 8.11. The first kappa shape index (κ1) is 19.3. The van der Waals surface area contributed by atoms with Gasteiger partial charge in [0.15, 0.2) is 5.96 Å². The van der Waals surface area contributed by atoms with Gasteiger partial charge in [-0.1, -0.05) is 24.3 Å². The number of guanidine groups is 1. The topological polar surface area (TPSA) is 49.3 Å². The molecule has 2 N–H and O–H groups in total. The highest BCUT2D eigenvalue weighted by Crippen LogP contribution is 2.25. The van der Waals surface area contributed by atoms with E-state index >= 15 is 0 Å². The fourth-order valence-electron chi connectivity index (χ4n) is 2.92. The van der Waals surface area contributed by atoms with Crippen LogP contribution in [-0.2, 0) is 6.42 Å². The fraction of sp³-hybridized carbons (Fsp3) is 0.444. The molecule has 0 saturated carbocycles. The van der Waals surface area contributed by atoms with E-state index in [2.05, 4.69) is 56.6 Å². The Balaban J connectivity index is 0.00000208. The van der Waals surface area contributed by atoms with E-state index in [4.69, 9.17) is 0 Å². The molecular formula is C18H25IN4S. The first-order valence-electron chi connectivity index (χ1n) is 8.25. The first-order chi connectivity index (χ1) is 11.4. The van der Waals surface area contributed by atoms with Crippen LogP contribution in [0, 0.1) is 0 Å². The maximum atomic E-state index is 4.51. The molecule has 2 aromatic rings. The summed E-state index contributed by atoms with van der Waals surface area (Å²) in [6.07, 6.45) is 5.46. The Hall–Kier alpha value is -1.02. The summed E-state index contributed by atoms with van der Waals surface area (Å²) in [6, 6.07) is 10.5. The second-order valence-electron chi connectivity index (χ2n) is 5.76. The maximum absolute atomic E-state index is 4.51. The molecule has 1 aliphatic rings. The first-order valence-corrected chi connectivity index (χ1v) is 9.30. The van der Waals surface area contributed by atoms with E-state index in [0.29, 0.717) is 0 Å². The van der Waals surface area contributed by atoms with Crippen molar-refractivity contribution in [2.75, 3.05) is 25.9 Å². The summed E-state index contributed by atoms with van der Waals surface area (Å²) in [5.41, 5.74) is 2.37. The van der Waals surface area contributed by atoms with Crippen molar-refractivity contribution in [3.8, 4) is 0 Å². The van der Waals surface area contributed by atoms with Gasteiger partial charge in [0.25, 0.3) is 0 Å². The van der Waals surface area contributed by atoms with Gasteiger partial charge in [-0.05, 0) is 36.6 Å². The molecule has 4 nitrogen and oxygen atoms in total. The lowest BCUT2D eigenvalue weighted by Gasteiger charge is -2.15. The lowest BCUT2D eigenvalue weighted by Crippen LogP contribution is -2.40. The third kappa shape index (κ3) is 5.24. The lowest BCUT2D eigenvalue weighted by atomic mass is 10.1. The number of aliphatic imine (C=N–C) groups is 1. The number of aromatic nitrogens is 1. The van der Waals surface area contributed by atoms with Gasteiger partial charge in [-0.15, -0.1) is 24.0 Å². The number of fused-ring (bicyclic) bond motifs is 1. The molecule has 3 rings (SSSR count). The molecule has 0 bridgehead atoms. The molecule has 1 aromatic heterocycles. The number of pyridine rings is 1. The summed E-state index contributed by atoms with van der Waals surface area (Å²) in [6.45, 7) is 1.85. The molecule has 1 fully saturated rings. The zero-order valence-corrected chi connectivity index (χ0v) is 17.1. The second-order valence-corrected chi connectivity index (χ2v) is 7.17. The number of halogens is 1. The van der Waals surface area contributed by atoms with Gasteiger partial charge in [-0.3, -0.25) is 9.98 Å². The van der Waals surface area contributed by atoms with Crippen molar-refractivity contribution < 1.29 is 0 Å². The summed E-state index contributed by atoms with van der Waals surface area (Å²) in [5.74, 6) is 2.19. The van der Waals surface area contributed by atoms with Gasteiger partial charge in [0.2, 0.25) is 0 Å². The zero-order chi connectivity index (χ0) is 15.9. The highest BCUT2D eigenvalue weighted by molar-refractivity contribution is 14.0. The van der Waals surface area contributed by atoms with Gasteiger partial charge in [-0.25, -0.2) is 0 Å². The van der Waals surface area contributed by atoms with Crippen molar-refractivity contribution in [3.05, 3.63) is 42.1 Å². The van der Waals surface area contributed by atoms with E-state index in [1.807, 2.05) is 19.3 Å². The number of rotatable bonds is 5. The van der Waals surface area contributed by atoms with E-state index in [1.54, 1.807) is 0 Å². The average molecular weight is 456 g/mol. The van der Waals surface area contributed by atoms with Crippen LogP contribution >= 0.6 is 35.7 Å². The van der Waals surface area contributed by atoms with Crippen LogP contribution < -0.4 is 10.6 Å². The minimum Gasteiger partial charge on any atom is -0.356 e. The van der Waals surface area contributed by atoms with E-state index in [0.717, 1.165) is 36.2 Å². The normalized spacial score (nSPS) is 17.5. The number of thioether (sulfide) groups is 1. The molecule has 130 valence electrons. The molecule has 1 aliphatic heterocycles. The van der Waals surface area contributed by atoms with Crippen LogP contribution in [0.5, 0.6) is 0 Å². The summed E-state index contributed by atoms with van der Waals surface area (Å²) in [4.78, 5) is 8.82. The Morgan fingerprint density at radius 1 is 1.29 bits per heavy atom. The molecule has 6 heteroatoms. The molecule has 0 amide bonds. The van der Waals surface area contributed by atoms with Crippen molar-refractivity contribution >= 4 is 52.6 Å². The molecule has 0 radical (unpaired) electrons. The average Bonchev–Trinajstić information content (AvgIpc) is 3.11. The van der Waals surface area contributed by atoms with Crippen molar-refractivity contribution in [1.29, 1.82) is 0 Å². The lowest BCUT2D eigenvalue weighted by molar-refractivity contribution is 0.724. The third-order valence-corrected chi connectivity index (χ3v) is 5.55. The maximum Gasteiger partial charge on any atom is 0.191 e. The monoisotopic (exact) mass is 456 g/mol. The van der Waals surface area contributed by atoms with E-state index in [9.17, 15) is 0 Å². The molecule has 24 heavy (non-hydrogen) atoms. The van der Waals surface area contributed by atoms with E-state index in [1.165, 1.54) is 29.5 Å². The minimum atomic E-state index is 0. The van der Waals surface area contributed by atoms with Crippen LogP contribution in [0.3, 0.4) is 0 Å². The van der Waals surface area contributed by atoms with Crippen LogP contribution in [0.4, 0.5) is 0 Å². The Bertz CT molecular complexity index is 666. The quantitative estimate of drug-likeness (QED) is 0.411. The minimum absolute atomic E-state index is 0. The summed E-state index contributed by atoms with van der Waals surface area (Å²) in [5, 5.41) is 8.78. The van der Waals surface area contributed by atoms with Gasteiger partial charge in [0, 0.05) is 37.0 Å². The van der Waals surface area contributed by atoms with Gasteiger partial charge in [0.05, 0.1) is 5.52 Å². The van der Waals surface area contributed by atoms with Crippen LogP contribution in [0.1, 0.15) is 18.4 Å². The molecule has 1 saturated heterocycles. The molecule has 0 spiro atoms. The number of benzene rings is 1. The number of hydrogen-bond donors (Lipinski definition) is 2. The Morgan fingerprint density at radius 3 is 2.96 bits per heavy atom. The zero-order valence-electron chi connectivity index (χ0n) is 14.0. The van der Waals surface area contributed by atoms with Crippen molar-refractivity contribution in [3.63, 3.8) is 0 Å². The highest BCUT2D eigenvalue weighted by Gasteiger charge is 2.15. The van der Waals surface area contributed by atoms with Gasteiger partial charge in [-0.2, -0.15) is 11.8 Å². The number of nitrogens with zero attached hydrogens (tertiary/aromatic N) is 2. The second kappa shape index (κ2) is 10.1. The number of hydrogen-bond acceptors (Lipinski definition) is 3. The van der Waals surface area contributed by atoms with Crippen molar-refractivity contribution in [1.82, 2.24) is 15.6 Å². The van der Waals surface area contributed by atoms with Crippen LogP contribution in [0.25, 0.3) is 10.9 Å². The van der Waals surface area contributed by atoms with Crippen LogP contribution in [0.15, 0.2) is 41.5 Å². The van der Waals surface area contributed by atoms with Gasteiger partial charge in [0.1, 0.15) is 0 Å². The van der Waals surface area contributed by atoms with E-state index in [-0.39, 0.29) is 24.0 Å². The van der Waals surface area contributed by atoms with Crippen LogP contribution in [0.2, 0.25) is 0 Å². The molecule has 1 unspecified atom stereocenters. The predicted octanol–water partition coefficient (Wildman–Crippen LogP) is 3.46. The largest absolute Gasteiger partial charge is 0.356 e. The number of para-hydroxylation sites is 1. The number of nitrogens with one attached hydrogen (secondary N) is 2. The SMILES string of the molecule is CN=C(NCCc1cccc2cccnc12)NCC1CCCS1.I. The highest BCUT2D eigenvalue weighted by atomic mass is 127. The predicted molar refractivity (Wildman–Crippen MR) is 116 cm³/mol. The van der Waals surface area contributed by atoms with Crippen molar-refractivity contribution in [2.24, 2.45) is 4.99 Å². The van der Waals surface area contributed by atoms with E-state index < -0.39 is 0 Å². The molecule has 1 atom stereocenters. The molecule has 1 aromatic carbocycles. The Morgan fingerprint density at radius 2 is 2.17 bits per heavy atom. The van der Waals surface area contributed by atoms with Crippen molar-refractivity contribution in [2.45, 2.75) is 24.5 Å². The summed E-state index contributed by atoms with van der Waals surface area (Å²) in [7, 11) is 1.83. The summed E-state index contributed by atoms with van der Waals surface area (Å²) < 4.78 is 0. The Labute approximate surface area is 165 Å². The van der Waals surface area contributed by atoms with Gasteiger partial charge < -0.3 is 10.6 Å². The fourth-order valence-corrected chi connectivity index (χ4v) is 4.12. The van der Waals surface area contributed by atoms with Gasteiger partial charge >= 0.3 is 0 Å². The smallest absolute Gasteiger partial charge is 0.191 e. The standard InChI is InChI=1S/C18H24N4S.HI/c1-19-18(22-13-16-8-4-12-23-16)21-11-9-15-6-2-5-14-7-3-10-20-17(14)15;/h2-3,5-7,10,16H,4,8-9,11-13H2,1H3,(H2,19,21,22);1H.